The van der Waals surface area contributed by atoms with Gasteiger partial charge in [-0.15, -0.1) is 11.8 Å². The van der Waals surface area contributed by atoms with Crippen LogP contribution in [0.4, 0.5) is 11.4 Å². The largest absolute Gasteiger partial charge is 0.457 e. The second-order valence-corrected chi connectivity index (χ2v) is 9.95. The molecule has 1 aliphatic rings. The van der Waals surface area contributed by atoms with E-state index in [0.717, 1.165) is 47.7 Å². The first-order valence-corrected chi connectivity index (χ1v) is 12.7. The number of thioether (sulfide) groups is 1. The highest BCUT2D eigenvalue weighted by Gasteiger charge is 2.21. The van der Waals surface area contributed by atoms with E-state index in [0.29, 0.717) is 5.75 Å². The number of benzene rings is 3. The number of para-hydroxylation sites is 1. The first kappa shape index (κ1) is 23.9. The topological polar surface area (TPSA) is 67.4 Å². The fourth-order valence-corrected chi connectivity index (χ4v) is 4.83. The lowest BCUT2D eigenvalue weighted by atomic mass is 9.88. The Morgan fingerprint density at radius 2 is 1.38 bits per heavy atom. The molecule has 0 spiro atoms. The SMILES string of the molecule is CC(Sc1ccc(NC(=O)C2CCCCC2)cc1)C(=O)Nc1ccc(Oc2ccccc2)cc1. The van der Waals surface area contributed by atoms with Gasteiger partial charge in [-0.05, 0) is 80.4 Å². The molecule has 1 saturated carbocycles. The minimum absolute atomic E-state index is 0.0728. The van der Waals surface area contributed by atoms with Crippen molar-refractivity contribution in [1.82, 2.24) is 0 Å². The van der Waals surface area contributed by atoms with Crippen LogP contribution in [0.1, 0.15) is 39.0 Å². The first-order chi connectivity index (χ1) is 16.6. The van der Waals surface area contributed by atoms with E-state index in [9.17, 15) is 9.59 Å². The molecule has 5 nitrogen and oxygen atoms in total. The predicted molar refractivity (Wildman–Crippen MR) is 139 cm³/mol. The van der Waals surface area contributed by atoms with Gasteiger partial charge in [0.05, 0.1) is 5.25 Å². The van der Waals surface area contributed by atoms with Crippen LogP contribution in [0, 0.1) is 5.92 Å². The Morgan fingerprint density at radius 1 is 0.794 bits per heavy atom. The van der Waals surface area contributed by atoms with Crippen molar-refractivity contribution < 1.29 is 14.3 Å². The molecule has 3 aromatic carbocycles. The van der Waals surface area contributed by atoms with Crippen LogP contribution in [0.5, 0.6) is 11.5 Å². The maximum Gasteiger partial charge on any atom is 0.237 e. The molecule has 4 rings (SSSR count). The molecule has 1 aliphatic carbocycles. The molecule has 0 radical (unpaired) electrons. The van der Waals surface area contributed by atoms with E-state index in [2.05, 4.69) is 10.6 Å². The smallest absolute Gasteiger partial charge is 0.237 e. The molecule has 0 bridgehead atoms. The maximum absolute atomic E-state index is 12.7. The van der Waals surface area contributed by atoms with Crippen molar-refractivity contribution in [3.8, 4) is 11.5 Å². The van der Waals surface area contributed by atoms with Gasteiger partial charge in [-0.2, -0.15) is 0 Å². The third kappa shape index (κ3) is 6.87. The second kappa shape index (κ2) is 11.7. The van der Waals surface area contributed by atoms with Crippen LogP contribution in [0.3, 0.4) is 0 Å². The standard InChI is InChI=1S/C28H30N2O3S/c1-20(27(31)29-22-12-16-25(17-13-22)33-24-10-6-3-7-11-24)34-26-18-14-23(15-19-26)30-28(32)21-8-4-2-5-9-21/h3,6-7,10-21H,2,4-5,8-9H2,1H3,(H,29,31)(H,30,32). The highest BCUT2D eigenvalue weighted by atomic mass is 32.2. The summed E-state index contributed by atoms with van der Waals surface area (Å²) in [5.41, 5.74) is 1.52. The van der Waals surface area contributed by atoms with E-state index in [1.807, 2.05) is 85.8 Å². The van der Waals surface area contributed by atoms with Crippen LogP contribution in [0.15, 0.2) is 83.8 Å². The molecule has 6 heteroatoms. The molecule has 176 valence electrons. The van der Waals surface area contributed by atoms with Crippen LogP contribution < -0.4 is 15.4 Å². The fraction of sp³-hybridized carbons (Fsp3) is 0.286. The van der Waals surface area contributed by atoms with Crippen molar-refractivity contribution in [2.75, 3.05) is 10.6 Å². The lowest BCUT2D eigenvalue weighted by Crippen LogP contribution is -2.24. The van der Waals surface area contributed by atoms with Gasteiger partial charge in [0.1, 0.15) is 11.5 Å². The molecule has 2 N–H and O–H groups in total. The van der Waals surface area contributed by atoms with Gasteiger partial charge in [0.15, 0.2) is 0 Å². The molecular weight excluding hydrogens is 444 g/mol. The summed E-state index contributed by atoms with van der Waals surface area (Å²) < 4.78 is 5.79. The van der Waals surface area contributed by atoms with E-state index in [4.69, 9.17) is 4.74 Å². The monoisotopic (exact) mass is 474 g/mol. The zero-order valence-electron chi connectivity index (χ0n) is 19.3. The molecule has 2 amide bonds. The second-order valence-electron chi connectivity index (χ2n) is 8.54. The minimum atomic E-state index is -0.275. The lowest BCUT2D eigenvalue weighted by Gasteiger charge is -2.20. The van der Waals surface area contributed by atoms with Crippen molar-refractivity contribution in [1.29, 1.82) is 0 Å². The molecule has 0 heterocycles. The Labute approximate surface area is 205 Å². The molecule has 1 fully saturated rings. The molecule has 0 aliphatic heterocycles. The lowest BCUT2D eigenvalue weighted by molar-refractivity contribution is -0.120. The summed E-state index contributed by atoms with van der Waals surface area (Å²) in [7, 11) is 0. The van der Waals surface area contributed by atoms with E-state index in [1.54, 1.807) is 0 Å². The number of anilines is 2. The van der Waals surface area contributed by atoms with Gasteiger partial charge in [-0.25, -0.2) is 0 Å². The van der Waals surface area contributed by atoms with Gasteiger partial charge in [-0.1, -0.05) is 37.5 Å². The molecule has 3 aromatic rings. The highest BCUT2D eigenvalue weighted by Crippen LogP contribution is 2.28. The maximum atomic E-state index is 12.7. The Kier molecular flexibility index (Phi) is 8.26. The Morgan fingerprint density at radius 3 is 2.06 bits per heavy atom. The van der Waals surface area contributed by atoms with Crippen LogP contribution in [0.25, 0.3) is 0 Å². The summed E-state index contributed by atoms with van der Waals surface area (Å²) in [5, 5.41) is 5.71. The number of rotatable bonds is 8. The highest BCUT2D eigenvalue weighted by molar-refractivity contribution is 8.00. The van der Waals surface area contributed by atoms with Gasteiger partial charge in [0.2, 0.25) is 11.8 Å². The van der Waals surface area contributed by atoms with E-state index >= 15 is 0 Å². The number of ether oxygens (including phenoxy) is 1. The summed E-state index contributed by atoms with van der Waals surface area (Å²) in [6.45, 7) is 1.88. The first-order valence-electron chi connectivity index (χ1n) is 11.8. The van der Waals surface area contributed by atoms with E-state index in [-0.39, 0.29) is 23.0 Å². The van der Waals surface area contributed by atoms with Gasteiger partial charge >= 0.3 is 0 Å². The third-order valence-corrected chi connectivity index (χ3v) is 6.99. The normalized spacial score (nSPS) is 14.7. The van der Waals surface area contributed by atoms with Gasteiger partial charge in [-0.3, -0.25) is 9.59 Å². The van der Waals surface area contributed by atoms with E-state index < -0.39 is 0 Å². The van der Waals surface area contributed by atoms with Crippen LogP contribution in [-0.4, -0.2) is 17.1 Å². The summed E-state index contributed by atoms with van der Waals surface area (Å²) in [4.78, 5) is 26.1. The zero-order chi connectivity index (χ0) is 23.8. The predicted octanol–water partition coefficient (Wildman–Crippen LogP) is 7.12. The molecule has 0 saturated heterocycles. The van der Waals surface area contributed by atoms with Gasteiger partial charge in [0, 0.05) is 22.2 Å². The Bertz CT molecular complexity index is 1080. The Balaban J connectivity index is 1.25. The number of nitrogens with one attached hydrogen (secondary N) is 2. The molecule has 0 aromatic heterocycles. The van der Waals surface area contributed by atoms with Crippen molar-refractivity contribution in [2.45, 2.75) is 49.2 Å². The number of carbonyl (C=O) groups is 2. The Hall–Kier alpha value is -3.25. The van der Waals surface area contributed by atoms with Crippen LogP contribution in [-0.2, 0) is 9.59 Å². The molecule has 1 unspecified atom stereocenters. The molecule has 34 heavy (non-hydrogen) atoms. The number of carbonyl (C=O) groups excluding carboxylic acids is 2. The number of hydrogen-bond donors (Lipinski definition) is 2. The van der Waals surface area contributed by atoms with Crippen molar-refractivity contribution in [3.05, 3.63) is 78.9 Å². The van der Waals surface area contributed by atoms with Crippen molar-refractivity contribution in [2.24, 2.45) is 5.92 Å². The van der Waals surface area contributed by atoms with E-state index in [1.165, 1.54) is 18.2 Å². The minimum Gasteiger partial charge on any atom is -0.457 e. The molecular formula is C28H30N2O3S. The van der Waals surface area contributed by atoms with Crippen molar-refractivity contribution in [3.63, 3.8) is 0 Å². The summed E-state index contributed by atoms with van der Waals surface area (Å²) >= 11 is 1.48. The average Bonchev–Trinajstić information content (AvgIpc) is 2.87. The summed E-state index contributed by atoms with van der Waals surface area (Å²) in [6, 6.07) is 24.6. The van der Waals surface area contributed by atoms with Crippen LogP contribution >= 0.6 is 11.8 Å². The quantitative estimate of drug-likeness (QED) is 0.341. The number of hydrogen-bond acceptors (Lipinski definition) is 4. The fourth-order valence-electron chi connectivity index (χ4n) is 3.96. The molecule has 1 atom stereocenters. The van der Waals surface area contributed by atoms with Gasteiger partial charge in [0.25, 0.3) is 0 Å². The third-order valence-electron chi connectivity index (χ3n) is 5.88. The summed E-state index contributed by atoms with van der Waals surface area (Å²) in [5.74, 6) is 1.65. The van der Waals surface area contributed by atoms with Crippen LogP contribution in [0.2, 0.25) is 0 Å². The average molecular weight is 475 g/mol. The van der Waals surface area contributed by atoms with Gasteiger partial charge < -0.3 is 15.4 Å². The number of amides is 2. The summed E-state index contributed by atoms with van der Waals surface area (Å²) in [6.07, 6.45) is 5.47. The zero-order valence-corrected chi connectivity index (χ0v) is 20.1. The van der Waals surface area contributed by atoms with Crippen molar-refractivity contribution >= 4 is 35.0 Å².